The highest BCUT2D eigenvalue weighted by Crippen LogP contribution is 2.38. The van der Waals surface area contributed by atoms with Crippen LogP contribution in [0, 0.1) is 6.92 Å². The zero-order chi connectivity index (χ0) is 10.4. The van der Waals surface area contributed by atoms with E-state index in [9.17, 15) is 4.79 Å². The van der Waals surface area contributed by atoms with Crippen molar-refractivity contribution in [2.75, 3.05) is 0 Å². The van der Waals surface area contributed by atoms with Crippen LogP contribution in [0.2, 0.25) is 0 Å². The molecule has 3 nitrogen and oxygen atoms in total. The van der Waals surface area contributed by atoms with Crippen molar-refractivity contribution in [1.29, 1.82) is 0 Å². The van der Waals surface area contributed by atoms with Crippen LogP contribution in [-0.2, 0) is 17.8 Å². The fourth-order valence-corrected chi connectivity index (χ4v) is 2.61. The summed E-state index contributed by atoms with van der Waals surface area (Å²) < 4.78 is 2.25. The van der Waals surface area contributed by atoms with Gasteiger partial charge < -0.3 is 4.57 Å². The van der Waals surface area contributed by atoms with Crippen LogP contribution in [-0.4, -0.2) is 15.3 Å². The summed E-state index contributed by atoms with van der Waals surface area (Å²) in [5.74, 6) is 2.02. The van der Waals surface area contributed by atoms with Gasteiger partial charge >= 0.3 is 0 Å². The number of imidazole rings is 1. The van der Waals surface area contributed by atoms with Crippen molar-refractivity contribution in [3.63, 3.8) is 0 Å². The summed E-state index contributed by atoms with van der Waals surface area (Å²) in [6.07, 6.45) is 5.14. The molecule has 1 fully saturated rings. The molecule has 0 atom stereocenters. The monoisotopic (exact) mass is 204 g/mol. The second-order valence-electron chi connectivity index (χ2n) is 4.74. The maximum Gasteiger partial charge on any atom is 0.142 e. The summed E-state index contributed by atoms with van der Waals surface area (Å²) in [7, 11) is 0. The Hall–Kier alpha value is -1.12. The lowest BCUT2D eigenvalue weighted by atomic mass is 9.82. The molecule has 0 unspecified atom stereocenters. The van der Waals surface area contributed by atoms with Crippen LogP contribution in [0.1, 0.15) is 48.8 Å². The molecule has 1 aliphatic heterocycles. The Labute approximate surface area is 89.5 Å². The van der Waals surface area contributed by atoms with Crippen LogP contribution < -0.4 is 0 Å². The van der Waals surface area contributed by atoms with Crippen molar-refractivity contribution in [3.05, 3.63) is 17.2 Å². The van der Waals surface area contributed by atoms with Gasteiger partial charge in [0.25, 0.3) is 0 Å². The first-order chi connectivity index (χ1) is 7.25. The number of Topliss-reactive ketones (excluding diaryl/α,β-unsaturated/α-hetero) is 1. The van der Waals surface area contributed by atoms with E-state index in [0.717, 1.165) is 12.4 Å². The van der Waals surface area contributed by atoms with Gasteiger partial charge in [0.1, 0.15) is 11.6 Å². The molecule has 2 aliphatic rings. The van der Waals surface area contributed by atoms with E-state index >= 15 is 0 Å². The Kier molecular flexibility index (Phi) is 1.94. The van der Waals surface area contributed by atoms with Gasteiger partial charge in [-0.3, -0.25) is 4.79 Å². The van der Waals surface area contributed by atoms with Gasteiger partial charge in [-0.1, -0.05) is 6.42 Å². The van der Waals surface area contributed by atoms with Crippen molar-refractivity contribution in [2.45, 2.75) is 51.5 Å². The molecule has 1 aliphatic carbocycles. The maximum atomic E-state index is 11.3. The number of aromatic nitrogens is 2. The molecule has 3 rings (SSSR count). The van der Waals surface area contributed by atoms with Gasteiger partial charge in [-0.2, -0.15) is 0 Å². The highest BCUT2D eigenvalue weighted by molar-refractivity contribution is 5.81. The van der Waals surface area contributed by atoms with Crippen molar-refractivity contribution < 1.29 is 4.79 Å². The molecule has 0 radical (unpaired) electrons. The predicted molar refractivity (Wildman–Crippen MR) is 56.9 cm³/mol. The van der Waals surface area contributed by atoms with Crippen LogP contribution in [0.4, 0.5) is 0 Å². The highest BCUT2D eigenvalue weighted by atomic mass is 16.1. The molecule has 0 amide bonds. The van der Waals surface area contributed by atoms with Crippen LogP contribution in [0.25, 0.3) is 0 Å². The van der Waals surface area contributed by atoms with Crippen molar-refractivity contribution >= 4 is 5.78 Å². The highest BCUT2D eigenvalue weighted by Gasteiger charge is 2.28. The molecule has 0 spiro atoms. The third kappa shape index (κ3) is 1.33. The van der Waals surface area contributed by atoms with Gasteiger partial charge in [0, 0.05) is 24.6 Å². The Morgan fingerprint density at radius 3 is 2.87 bits per heavy atom. The molecule has 3 heteroatoms. The molecule has 80 valence electrons. The van der Waals surface area contributed by atoms with Crippen LogP contribution >= 0.6 is 0 Å². The van der Waals surface area contributed by atoms with E-state index in [4.69, 9.17) is 0 Å². The van der Waals surface area contributed by atoms with E-state index < -0.39 is 0 Å². The molecule has 0 saturated heterocycles. The molecular formula is C12H16N2O. The molecule has 1 aromatic heterocycles. The van der Waals surface area contributed by atoms with Crippen LogP contribution in [0.5, 0.6) is 0 Å². The number of nitrogens with zero attached hydrogens (tertiary/aromatic N) is 2. The number of carbonyl (C=O) groups is 1. The second-order valence-corrected chi connectivity index (χ2v) is 4.74. The molecule has 0 N–H and O–H groups in total. The van der Waals surface area contributed by atoms with Crippen molar-refractivity contribution in [3.8, 4) is 0 Å². The van der Waals surface area contributed by atoms with E-state index in [-0.39, 0.29) is 0 Å². The van der Waals surface area contributed by atoms with Gasteiger partial charge in [0.05, 0.1) is 12.1 Å². The Balaban J connectivity index is 2.00. The first kappa shape index (κ1) is 9.13. The SMILES string of the molecule is Cc1c(C2CCC2)nc2n1CCC(=O)C2. The first-order valence-electron chi connectivity index (χ1n) is 5.83. The van der Waals surface area contributed by atoms with Gasteiger partial charge in [0.2, 0.25) is 0 Å². The molecule has 0 bridgehead atoms. The van der Waals surface area contributed by atoms with Gasteiger partial charge in [0.15, 0.2) is 0 Å². The minimum Gasteiger partial charge on any atom is -0.331 e. The second kappa shape index (κ2) is 3.19. The van der Waals surface area contributed by atoms with E-state index in [1.165, 1.54) is 30.7 Å². The van der Waals surface area contributed by atoms with E-state index in [2.05, 4.69) is 16.5 Å². The summed E-state index contributed by atoms with van der Waals surface area (Å²) >= 11 is 0. The quantitative estimate of drug-likeness (QED) is 0.701. The van der Waals surface area contributed by atoms with E-state index in [1.807, 2.05) is 0 Å². The topological polar surface area (TPSA) is 34.9 Å². The van der Waals surface area contributed by atoms with Gasteiger partial charge in [-0.05, 0) is 19.8 Å². The average Bonchev–Trinajstić information content (AvgIpc) is 2.41. The smallest absolute Gasteiger partial charge is 0.142 e. The molecule has 2 heterocycles. The van der Waals surface area contributed by atoms with Crippen molar-refractivity contribution in [1.82, 2.24) is 9.55 Å². The minimum absolute atomic E-state index is 0.340. The average molecular weight is 204 g/mol. The van der Waals surface area contributed by atoms with Gasteiger partial charge in [-0.15, -0.1) is 0 Å². The molecular weight excluding hydrogens is 188 g/mol. The minimum atomic E-state index is 0.340. The third-order valence-corrected chi connectivity index (χ3v) is 3.80. The fraction of sp³-hybridized carbons (Fsp3) is 0.667. The summed E-state index contributed by atoms with van der Waals surface area (Å²) in [6.45, 7) is 3.00. The van der Waals surface area contributed by atoms with E-state index in [1.54, 1.807) is 0 Å². The predicted octanol–water partition coefficient (Wildman–Crippen LogP) is 1.97. The largest absolute Gasteiger partial charge is 0.331 e. The number of fused-ring (bicyclic) bond motifs is 1. The lowest BCUT2D eigenvalue weighted by molar-refractivity contribution is -0.119. The molecule has 1 aromatic rings. The van der Waals surface area contributed by atoms with E-state index in [0.29, 0.717) is 24.5 Å². The van der Waals surface area contributed by atoms with Crippen molar-refractivity contribution in [2.24, 2.45) is 0 Å². The first-order valence-corrected chi connectivity index (χ1v) is 5.83. The number of rotatable bonds is 1. The Morgan fingerprint density at radius 2 is 2.20 bits per heavy atom. The normalized spacial score (nSPS) is 21.3. The zero-order valence-electron chi connectivity index (χ0n) is 9.12. The summed E-state index contributed by atoms with van der Waals surface area (Å²) in [4.78, 5) is 16.0. The number of hydrogen-bond donors (Lipinski definition) is 0. The molecule has 0 aromatic carbocycles. The Bertz CT molecular complexity index is 416. The maximum absolute atomic E-state index is 11.3. The van der Waals surface area contributed by atoms with Crippen LogP contribution in [0.3, 0.4) is 0 Å². The number of carbonyl (C=O) groups excluding carboxylic acids is 1. The molecule has 15 heavy (non-hydrogen) atoms. The summed E-state index contributed by atoms with van der Waals surface area (Å²) in [6, 6.07) is 0. The Morgan fingerprint density at radius 1 is 1.40 bits per heavy atom. The summed E-state index contributed by atoms with van der Waals surface area (Å²) in [5, 5.41) is 0. The zero-order valence-corrected chi connectivity index (χ0v) is 9.12. The molecule has 1 saturated carbocycles. The lowest BCUT2D eigenvalue weighted by Gasteiger charge is -2.24. The lowest BCUT2D eigenvalue weighted by Crippen LogP contribution is -2.19. The number of hydrogen-bond acceptors (Lipinski definition) is 2. The standard InChI is InChI=1S/C12H16N2O/c1-8-12(9-3-2-4-9)13-11-7-10(15)5-6-14(8)11/h9H,2-7H2,1H3. The number of ketones is 1. The van der Waals surface area contributed by atoms with Gasteiger partial charge in [-0.25, -0.2) is 4.98 Å². The van der Waals surface area contributed by atoms with Crippen LogP contribution in [0.15, 0.2) is 0 Å². The fourth-order valence-electron chi connectivity index (χ4n) is 2.61. The third-order valence-electron chi connectivity index (χ3n) is 3.80. The summed E-state index contributed by atoms with van der Waals surface area (Å²) in [5.41, 5.74) is 2.58.